The molecule has 5 heteroatoms. The second-order valence-corrected chi connectivity index (χ2v) is 6.43. The number of likely N-dealkylation sites (tertiary alicyclic amines) is 1. The lowest BCUT2D eigenvalue weighted by atomic mass is 10.0. The second kappa shape index (κ2) is 7.55. The van der Waals surface area contributed by atoms with Gasteiger partial charge in [-0.05, 0) is 48.6 Å². The number of hydrogen-bond acceptors (Lipinski definition) is 5. The average molecular weight is 339 g/mol. The van der Waals surface area contributed by atoms with Gasteiger partial charge < -0.3 is 15.2 Å². The van der Waals surface area contributed by atoms with Crippen LogP contribution in [-0.4, -0.2) is 22.2 Å². The van der Waals surface area contributed by atoms with Gasteiger partial charge in [0.25, 0.3) is 0 Å². The molecule has 0 amide bonds. The van der Waals surface area contributed by atoms with E-state index in [1.54, 1.807) is 6.21 Å². The molecule has 0 radical (unpaired) electrons. The van der Waals surface area contributed by atoms with Gasteiger partial charge in [0, 0.05) is 41.6 Å². The zero-order chi connectivity index (χ0) is 16.9. The standard InChI is InChI=1S/C19H21N3OS/c1-14-4-3-13-22(14)19(16-5-2-11-21-12-10-16)18(20)15-6-8-17(24-23)9-7-15/h2,6-12,23H,1,3-5,13,20H2/b19-18-. The highest BCUT2D eigenvalue weighted by Crippen LogP contribution is 2.33. The van der Waals surface area contributed by atoms with E-state index in [-0.39, 0.29) is 0 Å². The maximum absolute atomic E-state index is 9.14. The van der Waals surface area contributed by atoms with Crippen molar-refractivity contribution in [1.82, 2.24) is 4.90 Å². The molecule has 0 unspecified atom stereocenters. The van der Waals surface area contributed by atoms with Crippen LogP contribution in [0.4, 0.5) is 0 Å². The molecule has 3 rings (SSSR count). The molecule has 0 saturated carbocycles. The van der Waals surface area contributed by atoms with Gasteiger partial charge in [0.05, 0.1) is 11.4 Å². The summed E-state index contributed by atoms with van der Waals surface area (Å²) in [6.07, 6.45) is 10.5. The fraction of sp³-hybridized carbons (Fsp3) is 0.211. The van der Waals surface area contributed by atoms with Gasteiger partial charge >= 0.3 is 0 Å². The van der Waals surface area contributed by atoms with Crippen LogP contribution in [-0.2, 0) is 0 Å². The van der Waals surface area contributed by atoms with Crippen LogP contribution in [0.1, 0.15) is 24.8 Å². The van der Waals surface area contributed by atoms with Crippen molar-refractivity contribution in [2.24, 2.45) is 10.7 Å². The number of nitrogens with two attached hydrogens (primary N) is 1. The summed E-state index contributed by atoms with van der Waals surface area (Å²) in [6, 6.07) is 7.61. The van der Waals surface area contributed by atoms with Crippen molar-refractivity contribution in [3.8, 4) is 0 Å². The summed E-state index contributed by atoms with van der Waals surface area (Å²) >= 11 is 0.735. The fourth-order valence-corrected chi connectivity index (χ4v) is 3.25. The Labute approximate surface area is 147 Å². The lowest BCUT2D eigenvalue weighted by Gasteiger charge is -2.27. The first kappa shape index (κ1) is 16.6. The Balaban J connectivity index is 2.07. The van der Waals surface area contributed by atoms with Crippen molar-refractivity contribution in [3.05, 3.63) is 71.7 Å². The van der Waals surface area contributed by atoms with E-state index >= 15 is 0 Å². The Morgan fingerprint density at radius 2 is 2.08 bits per heavy atom. The molecule has 2 heterocycles. The van der Waals surface area contributed by atoms with E-state index < -0.39 is 0 Å². The Morgan fingerprint density at radius 1 is 1.29 bits per heavy atom. The van der Waals surface area contributed by atoms with Crippen LogP contribution in [0.3, 0.4) is 0 Å². The molecule has 4 nitrogen and oxygen atoms in total. The molecule has 0 aromatic heterocycles. The maximum Gasteiger partial charge on any atom is 0.0684 e. The van der Waals surface area contributed by atoms with Crippen molar-refractivity contribution in [1.29, 1.82) is 0 Å². The van der Waals surface area contributed by atoms with Crippen LogP contribution in [0.2, 0.25) is 0 Å². The van der Waals surface area contributed by atoms with Gasteiger partial charge in [-0.3, -0.25) is 4.99 Å². The van der Waals surface area contributed by atoms with Crippen LogP contribution >= 0.6 is 12.0 Å². The minimum Gasteiger partial charge on any atom is -0.397 e. The lowest BCUT2D eigenvalue weighted by molar-refractivity contribution is 0.498. The predicted molar refractivity (Wildman–Crippen MR) is 101 cm³/mol. The van der Waals surface area contributed by atoms with Crippen molar-refractivity contribution >= 4 is 24.0 Å². The first-order valence-electron chi connectivity index (χ1n) is 7.95. The fourth-order valence-electron chi connectivity index (χ4n) is 2.99. The molecular formula is C19H21N3OS. The van der Waals surface area contributed by atoms with Crippen LogP contribution in [0.5, 0.6) is 0 Å². The molecule has 0 aliphatic carbocycles. The number of benzene rings is 1. The minimum atomic E-state index is 0.725. The Kier molecular flexibility index (Phi) is 5.23. The largest absolute Gasteiger partial charge is 0.397 e. The Morgan fingerprint density at radius 3 is 2.75 bits per heavy atom. The highest BCUT2D eigenvalue weighted by molar-refractivity contribution is 7.93. The molecule has 0 bridgehead atoms. The molecular weight excluding hydrogens is 318 g/mol. The summed E-state index contributed by atoms with van der Waals surface area (Å²) in [5.41, 5.74) is 11.5. The van der Waals surface area contributed by atoms with E-state index in [0.717, 1.165) is 71.0 Å². The van der Waals surface area contributed by atoms with Crippen molar-refractivity contribution in [3.63, 3.8) is 0 Å². The normalized spacial score (nSPS) is 18.5. The van der Waals surface area contributed by atoms with E-state index in [1.807, 2.05) is 42.6 Å². The third kappa shape index (κ3) is 3.47. The van der Waals surface area contributed by atoms with E-state index in [2.05, 4.69) is 16.5 Å². The molecule has 2 aliphatic heterocycles. The summed E-state index contributed by atoms with van der Waals surface area (Å²) in [6.45, 7) is 5.13. The van der Waals surface area contributed by atoms with Gasteiger partial charge in [0.2, 0.25) is 0 Å². The number of rotatable bonds is 4. The van der Waals surface area contributed by atoms with Gasteiger partial charge in [0.1, 0.15) is 0 Å². The molecule has 2 aliphatic rings. The molecule has 24 heavy (non-hydrogen) atoms. The average Bonchev–Trinajstić information content (AvgIpc) is 2.86. The van der Waals surface area contributed by atoms with Gasteiger partial charge in [0.15, 0.2) is 0 Å². The van der Waals surface area contributed by atoms with E-state index in [0.29, 0.717) is 0 Å². The topological polar surface area (TPSA) is 61.8 Å². The first-order chi connectivity index (χ1) is 11.7. The van der Waals surface area contributed by atoms with Crippen molar-refractivity contribution in [2.45, 2.75) is 24.2 Å². The molecule has 1 aromatic carbocycles. The third-order valence-corrected chi connectivity index (χ3v) is 4.70. The Hall–Kier alpha value is -2.24. The minimum absolute atomic E-state index is 0.725. The summed E-state index contributed by atoms with van der Waals surface area (Å²) in [5.74, 6) is 0. The monoisotopic (exact) mass is 339 g/mol. The van der Waals surface area contributed by atoms with Gasteiger partial charge in [-0.2, -0.15) is 0 Å². The third-order valence-electron chi connectivity index (χ3n) is 4.22. The predicted octanol–water partition coefficient (Wildman–Crippen LogP) is 4.40. The van der Waals surface area contributed by atoms with Crippen LogP contribution in [0.25, 0.3) is 5.70 Å². The van der Waals surface area contributed by atoms with Crippen molar-refractivity contribution < 1.29 is 4.55 Å². The van der Waals surface area contributed by atoms with E-state index in [1.165, 1.54) is 0 Å². The molecule has 0 atom stereocenters. The van der Waals surface area contributed by atoms with Crippen LogP contribution < -0.4 is 5.73 Å². The second-order valence-electron chi connectivity index (χ2n) is 5.78. The summed E-state index contributed by atoms with van der Waals surface area (Å²) in [5, 5.41) is 0. The maximum atomic E-state index is 9.14. The lowest BCUT2D eigenvalue weighted by Crippen LogP contribution is -2.22. The highest BCUT2D eigenvalue weighted by atomic mass is 32.2. The molecule has 1 aromatic rings. The molecule has 1 fully saturated rings. The number of aliphatic imine (C=N–C) groups is 1. The summed E-state index contributed by atoms with van der Waals surface area (Å²) in [4.78, 5) is 7.21. The summed E-state index contributed by atoms with van der Waals surface area (Å²) in [7, 11) is 0. The number of allylic oxidation sites excluding steroid dienone is 4. The smallest absolute Gasteiger partial charge is 0.0684 e. The molecule has 124 valence electrons. The zero-order valence-corrected chi connectivity index (χ0v) is 14.3. The molecule has 1 saturated heterocycles. The van der Waals surface area contributed by atoms with Crippen LogP contribution in [0.15, 0.2) is 76.1 Å². The highest BCUT2D eigenvalue weighted by Gasteiger charge is 2.24. The molecule has 0 spiro atoms. The van der Waals surface area contributed by atoms with E-state index in [4.69, 9.17) is 10.3 Å². The number of hydrogen-bond donors (Lipinski definition) is 2. The summed E-state index contributed by atoms with van der Waals surface area (Å²) < 4.78 is 9.14. The van der Waals surface area contributed by atoms with Crippen molar-refractivity contribution in [2.75, 3.05) is 6.54 Å². The van der Waals surface area contributed by atoms with Crippen LogP contribution in [0, 0.1) is 0 Å². The molecule has 3 N–H and O–H groups in total. The van der Waals surface area contributed by atoms with Gasteiger partial charge in [-0.15, -0.1) is 0 Å². The SMILES string of the molecule is C=C1CCCN1/C(C1=CC=NC=CC1)=C(\N)c1ccc(SO)cc1. The quantitative estimate of drug-likeness (QED) is 0.798. The zero-order valence-electron chi connectivity index (χ0n) is 13.5. The van der Waals surface area contributed by atoms with E-state index in [9.17, 15) is 0 Å². The van der Waals surface area contributed by atoms with Gasteiger partial charge in [-0.1, -0.05) is 24.8 Å². The number of nitrogens with zero attached hydrogens (tertiary/aromatic N) is 2. The van der Waals surface area contributed by atoms with Gasteiger partial charge in [-0.25, -0.2) is 0 Å². The first-order valence-corrected chi connectivity index (χ1v) is 8.72. The Bertz CT molecular complexity index is 744.